The van der Waals surface area contributed by atoms with Gasteiger partial charge in [0.05, 0.1) is 22.0 Å². The number of hydrogen-bond acceptors (Lipinski definition) is 4. The zero-order valence-corrected chi connectivity index (χ0v) is 14.8. The molecule has 1 N–H and O–H groups in total. The highest BCUT2D eigenvalue weighted by Gasteiger charge is 2.18. The maximum absolute atomic E-state index is 12.1. The highest BCUT2D eigenvalue weighted by molar-refractivity contribution is 9.10. The van der Waals surface area contributed by atoms with E-state index < -0.39 is 0 Å². The van der Waals surface area contributed by atoms with Gasteiger partial charge in [-0.05, 0) is 48.7 Å². The molecule has 0 saturated carbocycles. The lowest BCUT2D eigenvalue weighted by Crippen LogP contribution is -2.32. The minimum atomic E-state index is -0.172. The van der Waals surface area contributed by atoms with Crippen molar-refractivity contribution < 1.29 is 9.53 Å². The minimum absolute atomic E-state index is 0.132. The van der Waals surface area contributed by atoms with Crippen molar-refractivity contribution in [3.05, 3.63) is 33.8 Å². The second-order valence-corrected chi connectivity index (χ2v) is 6.50. The number of hydrogen-bond donors (Lipinski definition) is 1. The summed E-state index contributed by atoms with van der Waals surface area (Å²) in [5.41, 5.74) is 2.37. The van der Waals surface area contributed by atoms with E-state index >= 15 is 0 Å². The summed E-state index contributed by atoms with van der Waals surface area (Å²) in [7, 11) is 0. The fourth-order valence-electron chi connectivity index (χ4n) is 2.61. The normalized spacial score (nSPS) is 17.6. The maximum Gasteiger partial charge on any atom is 0.271 e. The van der Waals surface area contributed by atoms with E-state index in [9.17, 15) is 4.79 Å². The van der Waals surface area contributed by atoms with Gasteiger partial charge >= 0.3 is 0 Å². The summed E-state index contributed by atoms with van der Waals surface area (Å²) >= 11 is 3.51. The molecule has 1 atom stereocenters. The van der Waals surface area contributed by atoms with E-state index in [4.69, 9.17) is 4.74 Å². The first kappa shape index (κ1) is 16.2. The molecule has 1 amide bonds. The van der Waals surface area contributed by atoms with Gasteiger partial charge in [-0.25, -0.2) is 4.68 Å². The summed E-state index contributed by atoms with van der Waals surface area (Å²) in [4.78, 5) is 12.1. The van der Waals surface area contributed by atoms with E-state index in [1.807, 2.05) is 18.5 Å². The number of nitrogens with zero attached hydrogens (tertiary/aromatic N) is 4. The standard InChI is InChI=1S/C15H20BrN5O2/c1-10-14(16)11(2)21(18-10)9-20-6-5-13(19-20)15(22)17-8-12-4-3-7-23-12/h5-6,12H,3-4,7-9H2,1-2H3,(H,17,22). The number of halogens is 1. The van der Waals surface area contributed by atoms with Crippen molar-refractivity contribution in [1.82, 2.24) is 24.9 Å². The van der Waals surface area contributed by atoms with Crippen LogP contribution < -0.4 is 5.32 Å². The molecule has 23 heavy (non-hydrogen) atoms. The molecule has 7 nitrogen and oxygen atoms in total. The van der Waals surface area contributed by atoms with Crippen molar-refractivity contribution in [2.24, 2.45) is 0 Å². The van der Waals surface area contributed by atoms with Gasteiger partial charge in [-0.1, -0.05) is 0 Å². The zero-order valence-electron chi connectivity index (χ0n) is 13.3. The molecule has 2 aromatic rings. The van der Waals surface area contributed by atoms with Crippen molar-refractivity contribution in [1.29, 1.82) is 0 Å². The van der Waals surface area contributed by atoms with Crippen LogP contribution in [0, 0.1) is 13.8 Å². The third-order valence-electron chi connectivity index (χ3n) is 3.96. The van der Waals surface area contributed by atoms with Crippen LogP contribution in [0.2, 0.25) is 0 Å². The summed E-state index contributed by atoms with van der Waals surface area (Å²) in [6, 6.07) is 1.71. The van der Waals surface area contributed by atoms with Crippen molar-refractivity contribution in [3.8, 4) is 0 Å². The highest BCUT2D eigenvalue weighted by atomic mass is 79.9. The Morgan fingerprint density at radius 3 is 2.96 bits per heavy atom. The van der Waals surface area contributed by atoms with Gasteiger partial charge in [-0.15, -0.1) is 0 Å². The van der Waals surface area contributed by atoms with E-state index in [1.165, 1.54) is 0 Å². The van der Waals surface area contributed by atoms with Crippen molar-refractivity contribution in [2.45, 2.75) is 39.5 Å². The number of aromatic nitrogens is 4. The third kappa shape index (κ3) is 3.64. The van der Waals surface area contributed by atoms with Gasteiger partial charge in [-0.2, -0.15) is 10.2 Å². The predicted octanol–water partition coefficient (Wildman–Crippen LogP) is 1.87. The molecule has 1 fully saturated rings. The Labute approximate surface area is 143 Å². The minimum Gasteiger partial charge on any atom is -0.376 e. The van der Waals surface area contributed by atoms with Crippen LogP contribution >= 0.6 is 15.9 Å². The van der Waals surface area contributed by atoms with Crippen LogP contribution in [0.4, 0.5) is 0 Å². The third-order valence-corrected chi connectivity index (χ3v) is 5.11. The van der Waals surface area contributed by atoms with Crippen LogP contribution in [0.1, 0.15) is 34.7 Å². The van der Waals surface area contributed by atoms with E-state index in [-0.39, 0.29) is 12.0 Å². The topological polar surface area (TPSA) is 74.0 Å². The van der Waals surface area contributed by atoms with Crippen LogP contribution in [0.25, 0.3) is 0 Å². The Kier molecular flexibility index (Phi) is 4.82. The van der Waals surface area contributed by atoms with Crippen LogP contribution in [0.3, 0.4) is 0 Å². The predicted molar refractivity (Wildman–Crippen MR) is 88.3 cm³/mol. The molecule has 124 valence electrons. The van der Waals surface area contributed by atoms with Gasteiger partial charge < -0.3 is 10.1 Å². The first-order valence-corrected chi connectivity index (χ1v) is 8.46. The highest BCUT2D eigenvalue weighted by Crippen LogP contribution is 2.19. The monoisotopic (exact) mass is 381 g/mol. The molecule has 0 aliphatic carbocycles. The summed E-state index contributed by atoms with van der Waals surface area (Å²) in [5, 5.41) is 11.6. The van der Waals surface area contributed by atoms with Crippen molar-refractivity contribution in [2.75, 3.05) is 13.2 Å². The first-order valence-electron chi connectivity index (χ1n) is 7.67. The van der Waals surface area contributed by atoms with Gasteiger partial charge in [0.2, 0.25) is 0 Å². The number of nitrogens with one attached hydrogen (secondary N) is 1. The van der Waals surface area contributed by atoms with E-state index in [1.54, 1.807) is 16.9 Å². The molecule has 2 aromatic heterocycles. The number of amides is 1. The average Bonchev–Trinajstić information content (AvgIpc) is 3.25. The van der Waals surface area contributed by atoms with Crippen molar-refractivity contribution >= 4 is 21.8 Å². The smallest absolute Gasteiger partial charge is 0.271 e. The lowest BCUT2D eigenvalue weighted by Gasteiger charge is -2.09. The fraction of sp³-hybridized carbons (Fsp3) is 0.533. The number of carbonyl (C=O) groups excluding carboxylic acids is 1. The molecule has 1 unspecified atom stereocenters. The summed E-state index contributed by atoms with van der Waals surface area (Å²) < 4.78 is 10.0. The number of ether oxygens (including phenoxy) is 1. The molecule has 1 saturated heterocycles. The van der Waals surface area contributed by atoms with Gasteiger partial charge in [0.1, 0.15) is 12.4 Å². The van der Waals surface area contributed by atoms with E-state index in [0.29, 0.717) is 18.9 Å². The fourth-order valence-corrected chi connectivity index (χ4v) is 2.90. The quantitative estimate of drug-likeness (QED) is 0.857. The molecule has 3 heterocycles. The Morgan fingerprint density at radius 1 is 1.48 bits per heavy atom. The Balaban J connectivity index is 1.60. The van der Waals surface area contributed by atoms with Crippen LogP contribution in [0.15, 0.2) is 16.7 Å². The average molecular weight is 382 g/mol. The SMILES string of the molecule is Cc1nn(Cn2ccc(C(=O)NCC3CCCO3)n2)c(C)c1Br. The summed E-state index contributed by atoms with van der Waals surface area (Å²) in [5.74, 6) is -0.172. The molecular formula is C15H20BrN5O2. The summed E-state index contributed by atoms with van der Waals surface area (Å²) in [6.45, 7) is 5.73. The van der Waals surface area contributed by atoms with Gasteiger partial charge in [0.25, 0.3) is 5.91 Å². The van der Waals surface area contributed by atoms with Gasteiger partial charge in [-0.3, -0.25) is 9.48 Å². The van der Waals surface area contributed by atoms with Crippen LogP contribution in [0.5, 0.6) is 0 Å². The van der Waals surface area contributed by atoms with E-state index in [2.05, 4.69) is 31.4 Å². The molecule has 0 spiro atoms. The second kappa shape index (κ2) is 6.84. The molecule has 0 aromatic carbocycles. The molecule has 1 aliphatic heterocycles. The summed E-state index contributed by atoms with van der Waals surface area (Å²) in [6.07, 6.45) is 3.98. The van der Waals surface area contributed by atoms with Crippen molar-refractivity contribution in [3.63, 3.8) is 0 Å². The Morgan fingerprint density at radius 2 is 2.30 bits per heavy atom. The van der Waals surface area contributed by atoms with E-state index in [0.717, 1.165) is 35.3 Å². The number of rotatable bonds is 5. The zero-order chi connectivity index (χ0) is 16.4. The molecule has 3 rings (SSSR count). The maximum atomic E-state index is 12.1. The molecule has 8 heteroatoms. The largest absolute Gasteiger partial charge is 0.376 e. The molecular weight excluding hydrogens is 362 g/mol. The lowest BCUT2D eigenvalue weighted by atomic mass is 10.2. The van der Waals surface area contributed by atoms with Gasteiger partial charge in [0.15, 0.2) is 0 Å². The molecule has 0 radical (unpaired) electrons. The Bertz CT molecular complexity index is 703. The number of aryl methyl sites for hydroxylation is 1. The second-order valence-electron chi connectivity index (χ2n) is 5.71. The van der Waals surface area contributed by atoms with Gasteiger partial charge in [0, 0.05) is 19.3 Å². The number of carbonyl (C=O) groups is 1. The Hall–Kier alpha value is -1.67. The van der Waals surface area contributed by atoms with Crippen LogP contribution in [-0.4, -0.2) is 44.7 Å². The molecule has 1 aliphatic rings. The molecule has 0 bridgehead atoms. The lowest BCUT2D eigenvalue weighted by molar-refractivity contribution is 0.0853. The first-order chi connectivity index (χ1) is 11.0. The van der Waals surface area contributed by atoms with Crippen LogP contribution in [-0.2, 0) is 11.4 Å².